The predicted molar refractivity (Wildman–Crippen MR) is 60.5 cm³/mol. The van der Waals surface area contributed by atoms with Crippen molar-refractivity contribution in [1.82, 2.24) is 5.48 Å². The molecule has 1 aromatic rings. The van der Waals surface area contributed by atoms with E-state index in [2.05, 4.69) is 5.48 Å². The van der Waals surface area contributed by atoms with Gasteiger partial charge in [-0.25, -0.2) is 4.39 Å². The van der Waals surface area contributed by atoms with Crippen LogP contribution in [0.1, 0.15) is 12.5 Å². The van der Waals surface area contributed by atoms with Gasteiger partial charge in [0.15, 0.2) is 0 Å². The molecule has 1 N–H and O–H groups in total. The van der Waals surface area contributed by atoms with Crippen LogP contribution in [0, 0.1) is 5.82 Å². The topological polar surface area (TPSA) is 30.5 Å². The molecule has 1 atom stereocenters. The van der Waals surface area contributed by atoms with Crippen molar-refractivity contribution in [3.63, 3.8) is 0 Å². The van der Waals surface area contributed by atoms with Crippen molar-refractivity contribution >= 4 is 0 Å². The average Bonchev–Trinajstić information content (AvgIpc) is 2.28. The molecule has 1 unspecified atom stereocenters. The molecule has 1 rings (SSSR count). The maximum atomic E-state index is 12.7. The molecule has 0 radical (unpaired) electrons. The van der Waals surface area contributed by atoms with Crippen LogP contribution in [-0.2, 0) is 16.0 Å². The van der Waals surface area contributed by atoms with E-state index in [1.54, 1.807) is 19.2 Å². The van der Waals surface area contributed by atoms with Gasteiger partial charge >= 0.3 is 0 Å². The maximum absolute atomic E-state index is 12.7. The van der Waals surface area contributed by atoms with Crippen LogP contribution < -0.4 is 5.48 Å². The Morgan fingerprint density at radius 2 is 1.94 bits per heavy atom. The largest absolute Gasteiger partial charge is 0.382 e. The van der Waals surface area contributed by atoms with Crippen LogP contribution in [0.25, 0.3) is 0 Å². The van der Waals surface area contributed by atoms with Crippen molar-refractivity contribution in [2.45, 2.75) is 19.4 Å². The first-order valence-corrected chi connectivity index (χ1v) is 5.33. The zero-order valence-corrected chi connectivity index (χ0v) is 9.70. The Morgan fingerprint density at radius 3 is 2.56 bits per heavy atom. The lowest BCUT2D eigenvalue weighted by Gasteiger charge is -2.13. The number of benzene rings is 1. The van der Waals surface area contributed by atoms with E-state index in [0.29, 0.717) is 13.2 Å². The molecule has 4 heteroatoms. The van der Waals surface area contributed by atoms with Crippen molar-refractivity contribution in [1.29, 1.82) is 0 Å². The number of nitrogens with one attached hydrogen (secondary N) is 1. The highest BCUT2D eigenvalue weighted by Crippen LogP contribution is 2.05. The minimum absolute atomic E-state index is 0.183. The Bertz CT molecular complexity index is 290. The van der Waals surface area contributed by atoms with E-state index in [9.17, 15) is 4.39 Å². The molecule has 0 spiro atoms. The minimum atomic E-state index is -0.208. The Balaban J connectivity index is 2.23. The predicted octanol–water partition coefficient (Wildman–Crippen LogP) is 1.92. The fourth-order valence-corrected chi connectivity index (χ4v) is 1.34. The summed E-state index contributed by atoms with van der Waals surface area (Å²) in [7, 11) is 1.63. The standard InChI is InChI=1S/C12H18FNO2/c1-10(14-16-8-7-15-2)9-11-3-5-12(13)6-4-11/h3-6,10,14H,7-9H2,1-2H3. The second kappa shape index (κ2) is 7.33. The fourth-order valence-electron chi connectivity index (χ4n) is 1.34. The van der Waals surface area contributed by atoms with Crippen LogP contribution in [0.2, 0.25) is 0 Å². The number of methoxy groups -OCH3 is 1. The summed E-state index contributed by atoms with van der Waals surface area (Å²) in [6.07, 6.45) is 0.799. The molecule has 3 nitrogen and oxygen atoms in total. The zero-order valence-electron chi connectivity index (χ0n) is 9.70. The van der Waals surface area contributed by atoms with Gasteiger partial charge in [0.05, 0.1) is 13.2 Å². The first kappa shape index (κ1) is 13.1. The van der Waals surface area contributed by atoms with Gasteiger partial charge in [-0.2, -0.15) is 5.48 Å². The zero-order chi connectivity index (χ0) is 11.8. The molecule has 90 valence electrons. The summed E-state index contributed by atoms with van der Waals surface area (Å²) in [5.74, 6) is -0.208. The molecule has 0 aromatic heterocycles. The number of rotatable bonds is 7. The van der Waals surface area contributed by atoms with Gasteiger partial charge in [-0.3, -0.25) is 4.84 Å². The number of hydrogen-bond acceptors (Lipinski definition) is 3. The molecule has 0 amide bonds. The molecular formula is C12H18FNO2. The van der Waals surface area contributed by atoms with Crippen LogP contribution in [0.5, 0.6) is 0 Å². The van der Waals surface area contributed by atoms with E-state index in [1.807, 2.05) is 6.92 Å². The normalized spacial score (nSPS) is 12.7. The SMILES string of the molecule is COCCONC(C)Cc1ccc(F)cc1. The van der Waals surface area contributed by atoms with Crippen LogP contribution in [0.15, 0.2) is 24.3 Å². The summed E-state index contributed by atoms with van der Waals surface area (Å²) >= 11 is 0. The van der Waals surface area contributed by atoms with Gasteiger partial charge < -0.3 is 4.74 Å². The lowest BCUT2D eigenvalue weighted by atomic mass is 10.1. The highest BCUT2D eigenvalue weighted by Gasteiger charge is 2.03. The summed E-state index contributed by atoms with van der Waals surface area (Å²) in [5.41, 5.74) is 3.99. The van der Waals surface area contributed by atoms with Gasteiger partial charge in [0.25, 0.3) is 0 Å². The van der Waals surface area contributed by atoms with E-state index in [-0.39, 0.29) is 11.9 Å². The minimum Gasteiger partial charge on any atom is -0.382 e. The highest BCUT2D eigenvalue weighted by molar-refractivity contribution is 5.16. The van der Waals surface area contributed by atoms with Crippen molar-refractivity contribution in [2.24, 2.45) is 0 Å². The summed E-state index contributed by atoms with van der Waals surface area (Å²) in [5, 5.41) is 0. The Kier molecular flexibility index (Phi) is 6.00. The molecule has 0 aliphatic rings. The second-order valence-electron chi connectivity index (χ2n) is 3.69. The van der Waals surface area contributed by atoms with Gasteiger partial charge in [0.2, 0.25) is 0 Å². The molecule has 0 heterocycles. The van der Waals surface area contributed by atoms with Crippen molar-refractivity contribution < 1.29 is 14.0 Å². The van der Waals surface area contributed by atoms with Crippen LogP contribution in [0.4, 0.5) is 4.39 Å². The Morgan fingerprint density at radius 1 is 1.25 bits per heavy atom. The molecule has 0 bridgehead atoms. The van der Waals surface area contributed by atoms with Crippen LogP contribution >= 0.6 is 0 Å². The number of hydrogen-bond donors (Lipinski definition) is 1. The van der Waals surface area contributed by atoms with Crippen molar-refractivity contribution in [3.8, 4) is 0 Å². The molecule has 0 saturated carbocycles. The third-order valence-corrected chi connectivity index (χ3v) is 2.13. The quantitative estimate of drug-likeness (QED) is 0.570. The van der Waals surface area contributed by atoms with E-state index in [4.69, 9.17) is 9.57 Å². The van der Waals surface area contributed by atoms with E-state index < -0.39 is 0 Å². The van der Waals surface area contributed by atoms with E-state index >= 15 is 0 Å². The van der Waals surface area contributed by atoms with Crippen molar-refractivity contribution in [2.75, 3.05) is 20.3 Å². The third kappa shape index (κ3) is 5.21. The van der Waals surface area contributed by atoms with Crippen molar-refractivity contribution in [3.05, 3.63) is 35.6 Å². The number of ether oxygens (including phenoxy) is 1. The van der Waals surface area contributed by atoms with Gasteiger partial charge in [-0.05, 0) is 31.0 Å². The highest BCUT2D eigenvalue weighted by atomic mass is 19.1. The Hall–Kier alpha value is -0.970. The van der Waals surface area contributed by atoms with E-state index in [0.717, 1.165) is 12.0 Å². The lowest BCUT2D eigenvalue weighted by molar-refractivity contribution is -0.00864. The monoisotopic (exact) mass is 227 g/mol. The van der Waals surface area contributed by atoms with Gasteiger partial charge in [0.1, 0.15) is 5.82 Å². The molecule has 0 saturated heterocycles. The smallest absolute Gasteiger partial charge is 0.123 e. The molecule has 0 fully saturated rings. The summed E-state index contributed by atoms with van der Waals surface area (Å²) in [4.78, 5) is 5.18. The van der Waals surface area contributed by atoms with Crippen LogP contribution in [0.3, 0.4) is 0 Å². The first-order chi connectivity index (χ1) is 7.72. The van der Waals surface area contributed by atoms with Gasteiger partial charge in [0, 0.05) is 13.2 Å². The molecule has 0 aliphatic carbocycles. The molecule has 1 aromatic carbocycles. The lowest BCUT2D eigenvalue weighted by Crippen LogP contribution is -2.29. The molecule has 16 heavy (non-hydrogen) atoms. The van der Waals surface area contributed by atoms with Gasteiger partial charge in [-0.15, -0.1) is 0 Å². The third-order valence-electron chi connectivity index (χ3n) is 2.13. The fraction of sp³-hybridized carbons (Fsp3) is 0.500. The van der Waals surface area contributed by atoms with E-state index in [1.165, 1.54) is 12.1 Å². The number of hydroxylamine groups is 1. The summed E-state index contributed by atoms with van der Waals surface area (Å²) < 4.78 is 17.5. The molecule has 0 aliphatic heterocycles. The summed E-state index contributed by atoms with van der Waals surface area (Å²) in [6.45, 7) is 3.09. The maximum Gasteiger partial charge on any atom is 0.123 e. The molecular weight excluding hydrogens is 209 g/mol. The second-order valence-corrected chi connectivity index (χ2v) is 3.69. The first-order valence-electron chi connectivity index (χ1n) is 5.33. The Labute approximate surface area is 95.5 Å². The number of halogens is 1. The average molecular weight is 227 g/mol. The van der Waals surface area contributed by atoms with Gasteiger partial charge in [-0.1, -0.05) is 12.1 Å². The van der Waals surface area contributed by atoms with Crippen LogP contribution in [-0.4, -0.2) is 26.4 Å². The summed E-state index contributed by atoms with van der Waals surface area (Å²) in [6, 6.07) is 6.68.